The lowest BCUT2D eigenvalue weighted by molar-refractivity contribution is -0.122. The van der Waals surface area contributed by atoms with Crippen molar-refractivity contribution in [2.75, 3.05) is 13.1 Å². The minimum atomic E-state index is -0.0372. The molecular weight excluding hydrogens is 178 g/mol. The lowest BCUT2D eigenvalue weighted by Crippen LogP contribution is -2.42. The van der Waals surface area contributed by atoms with E-state index in [-0.39, 0.29) is 18.0 Å². The van der Waals surface area contributed by atoms with Gasteiger partial charge in [0, 0.05) is 25.0 Å². The van der Waals surface area contributed by atoms with E-state index in [1.165, 1.54) is 0 Å². The van der Waals surface area contributed by atoms with Crippen molar-refractivity contribution in [3.05, 3.63) is 0 Å². The molecule has 0 aliphatic carbocycles. The first kappa shape index (κ1) is 12.9. The molecule has 4 N–H and O–H groups in total. The first-order valence-corrected chi connectivity index (χ1v) is 4.76. The van der Waals surface area contributed by atoms with Gasteiger partial charge in [-0.15, -0.1) is 6.42 Å². The van der Waals surface area contributed by atoms with Gasteiger partial charge in [0.25, 0.3) is 0 Å². The molecule has 0 fully saturated rings. The molecule has 0 saturated carbocycles. The van der Waals surface area contributed by atoms with Crippen molar-refractivity contribution in [3.8, 4) is 12.3 Å². The highest BCUT2D eigenvalue weighted by molar-refractivity contribution is 5.76. The second-order valence-corrected chi connectivity index (χ2v) is 3.44. The van der Waals surface area contributed by atoms with Crippen LogP contribution in [0, 0.1) is 12.3 Å². The molecule has 0 aliphatic heterocycles. The van der Waals surface area contributed by atoms with Crippen LogP contribution in [0.15, 0.2) is 0 Å². The monoisotopic (exact) mass is 197 g/mol. The molecule has 0 rings (SSSR count). The van der Waals surface area contributed by atoms with E-state index in [1.807, 2.05) is 13.8 Å². The number of nitrogens with one attached hydrogen (secondary N) is 2. The van der Waals surface area contributed by atoms with Crippen molar-refractivity contribution in [2.45, 2.75) is 32.4 Å². The predicted octanol–water partition coefficient (Wildman–Crippen LogP) is -0.549. The van der Waals surface area contributed by atoms with Gasteiger partial charge in [0.05, 0.1) is 6.54 Å². The Morgan fingerprint density at radius 3 is 2.64 bits per heavy atom. The maximum Gasteiger partial charge on any atom is 0.221 e. The Morgan fingerprint density at radius 2 is 2.21 bits per heavy atom. The fourth-order valence-corrected chi connectivity index (χ4v) is 1.05. The maximum atomic E-state index is 11.3. The molecule has 0 radical (unpaired) electrons. The van der Waals surface area contributed by atoms with Crippen LogP contribution in [0.2, 0.25) is 0 Å². The average molecular weight is 197 g/mol. The third-order valence-corrected chi connectivity index (χ3v) is 1.66. The van der Waals surface area contributed by atoms with Crippen LogP contribution in [-0.2, 0) is 4.79 Å². The summed E-state index contributed by atoms with van der Waals surface area (Å²) in [5, 5.41) is 5.80. The molecule has 1 atom stereocenters. The van der Waals surface area contributed by atoms with E-state index in [2.05, 4.69) is 16.6 Å². The van der Waals surface area contributed by atoms with Gasteiger partial charge in [-0.25, -0.2) is 0 Å². The molecule has 0 spiro atoms. The largest absolute Gasteiger partial charge is 0.354 e. The lowest BCUT2D eigenvalue weighted by Gasteiger charge is -2.15. The number of rotatable bonds is 6. The van der Waals surface area contributed by atoms with Gasteiger partial charge >= 0.3 is 0 Å². The van der Waals surface area contributed by atoms with Gasteiger partial charge in [-0.3, -0.25) is 4.79 Å². The van der Waals surface area contributed by atoms with Gasteiger partial charge in [-0.1, -0.05) is 5.92 Å². The minimum Gasteiger partial charge on any atom is -0.354 e. The van der Waals surface area contributed by atoms with Crippen molar-refractivity contribution >= 4 is 5.91 Å². The van der Waals surface area contributed by atoms with Gasteiger partial charge < -0.3 is 16.4 Å². The Bertz CT molecular complexity index is 208. The van der Waals surface area contributed by atoms with Gasteiger partial charge in [-0.2, -0.15) is 0 Å². The zero-order valence-corrected chi connectivity index (χ0v) is 8.84. The van der Waals surface area contributed by atoms with Crippen LogP contribution in [0.1, 0.15) is 20.3 Å². The van der Waals surface area contributed by atoms with E-state index in [0.29, 0.717) is 19.5 Å². The summed E-state index contributed by atoms with van der Waals surface area (Å²) in [7, 11) is 0. The number of carbonyl (C=O) groups excluding carboxylic acids is 1. The minimum absolute atomic E-state index is 0.0000265. The van der Waals surface area contributed by atoms with E-state index in [0.717, 1.165) is 0 Å². The van der Waals surface area contributed by atoms with Crippen molar-refractivity contribution in [3.63, 3.8) is 0 Å². The predicted molar refractivity (Wildman–Crippen MR) is 57.6 cm³/mol. The van der Waals surface area contributed by atoms with Crippen molar-refractivity contribution in [2.24, 2.45) is 5.73 Å². The van der Waals surface area contributed by atoms with E-state index < -0.39 is 0 Å². The van der Waals surface area contributed by atoms with Crippen LogP contribution in [0.25, 0.3) is 0 Å². The van der Waals surface area contributed by atoms with Gasteiger partial charge in [0.1, 0.15) is 0 Å². The molecule has 1 unspecified atom stereocenters. The third-order valence-electron chi connectivity index (χ3n) is 1.66. The standard InChI is InChI=1S/C10H19N3O/c1-4-5-12-9(7-11)6-10(14)13-8(2)3/h1,8-9,12H,5-7,11H2,2-3H3,(H,13,14). The molecule has 14 heavy (non-hydrogen) atoms. The van der Waals surface area contributed by atoms with Crippen LogP contribution in [0.5, 0.6) is 0 Å². The molecule has 0 bridgehead atoms. The summed E-state index contributed by atoms with van der Waals surface area (Å²) in [6, 6.07) is 0.123. The average Bonchev–Trinajstić information content (AvgIpc) is 2.10. The number of amides is 1. The summed E-state index contributed by atoms with van der Waals surface area (Å²) in [4.78, 5) is 11.3. The summed E-state index contributed by atoms with van der Waals surface area (Å²) in [5.74, 6) is 2.45. The van der Waals surface area contributed by atoms with Crippen LogP contribution in [-0.4, -0.2) is 31.1 Å². The maximum absolute atomic E-state index is 11.3. The zero-order valence-electron chi connectivity index (χ0n) is 8.84. The van der Waals surface area contributed by atoms with E-state index >= 15 is 0 Å². The summed E-state index contributed by atoms with van der Waals surface area (Å²) in [6.45, 7) is 4.69. The van der Waals surface area contributed by atoms with Crippen LogP contribution in [0.3, 0.4) is 0 Å². The summed E-state index contributed by atoms with van der Waals surface area (Å²) in [5.41, 5.74) is 5.48. The van der Waals surface area contributed by atoms with E-state index in [1.54, 1.807) is 0 Å². The van der Waals surface area contributed by atoms with Crippen LogP contribution < -0.4 is 16.4 Å². The number of hydrogen-bond donors (Lipinski definition) is 3. The number of terminal acetylenes is 1. The number of nitrogens with two attached hydrogens (primary N) is 1. The summed E-state index contributed by atoms with van der Waals surface area (Å²) >= 11 is 0. The molecule has 80 valence electrons. The first-order valence-electron chi connectivity index (χ1n) is 4.76. The van der Waals surface area contributed by atoms with Gasteiger partial charge in [0.2, 0.25) is 5.91 Å². The molecule has 4 nitrogen and oxygen atoms in total. The van der Waals surface area contributed by atoms with E-state index in [9.17, 15) is 4.79 Å². The SMILES string of the molecule is C#CCNC(CN)CC(=O)NC(C)C. The molecule has 0 heterocycles. The molecule has 4 heteroatoms. The first-order chi connectivity index (χ1) is 6.60. The highest BCUT2D eigenvalue weighted by atomic mass is 16.1. The second kappa shape index (κ2) is 7.36. The third kappa shape index (κ3) is 6.46. The lowest BCUT2D eigenvalue weighted by atomic mass is 10.2. The highest BCUT2D eigenvalue weighted by Gasteiger charge is 2.11. The van der Waals surface area contributed by atoms with Crippen molar-refractivity contribution in [1.29, 1.82) is 0 Å². The zero-order chi connectivity index (χ0) is 11.0. The molecule has 1 amide bonds. The fourth-order valence-electron chi connectivity index (χ4n) is 1.05. The van der Waals surface area contributed by atoms with Crippen LogP contribution in [0.4, 0.5) is 0 Å². The molecule has 0 aromatic heterocycles. The van der Waals surface area contributed by atoms with Gasteiger partial charge in [-0.05, 0) is 13.8 Å². The Kier molecular flexibility index (Phi) is 6.81. The quantitative estimate of drug-likeness (QED) is 0.501. The molecular formula is C10H19N3O. The molecule has 0 aliphatic rings. The topological polar surface area (TPSA) is 67.1 Å². The molecule has 0 saturated heterocycles. The molecule has 0 aromatic rings. The fraction of sp³-hybridized carbons (Fsp3) is 0.700. The summed E-state index contributed by atoms with van der Waals surface area (Å²) in [6.07, 6.45) is 5.46. The van der Waals surface area contributed by atoms with Crippen molar-refractivity contribution < 1.29 is 4.79 Å². The smallest absolute Gasteiger partial charge is 0.221 e. The Labute approximate surface area is 85.6 Å². The second-order valence-electron chi connectivity index (χ2n) is 3.44. The highest BCUT2D eigenvalue weighted by Crippen LogP contribution is 1.90. The summed E-state index contributed by atoms with van der Waals surface area (Å²) < 4.78 is 0. The Balaban J connectivity index is 3.81. The van der Waals surface area contributed by atoms with E-state index in [4.69, 9.17) is 12.2 Å². The Morgan fingerprint density at radius 1 is 1.57 bits per heavy atom. The normalized spacial score (nSPS) is 12.2. The van der Waals surface area contributed by atoms with Crippen LogP contribution >= 0.6 is 0 Å². The Hall–Kier alpha value is -1.05. The van der Waals surface area contributed by atoms with Crippen molar-refractivity contribution in [1.82, 2.24) is 10.6 Å². The number of carbonyl (C=O) groups is 1. The van der Waals surface area contributed by atoms with Gasteiger partial charge in [0.15, 0.2) is 0 Å². The number of hydrogen-bond acceptors (Lipinski definition) is 3. The molecule has 0 aromatic carbocycles.